The van der Waals surface area contributed by atoms with E-state index in [9.17, 15) is 0 Å². The molecule has 1 atom stereocenters. The van der Waals surface area contributed by atoms with Crippen LogP contribution in [-0.4, -0.2) is 12.4 Å². The van der Waals surface area contributed by atoms with Crippen molar-refractivity contribution < 1.29 is 0 Å². The maximum atomic E-state index is 2.37. The normalized spacial score (nSPS) is 16.0. The van der Waals surface area contributed by atoms with Gasteiger partial charge in [0.05, 0.1) is 11.1 Å². The molecule has 0 radical (unpaired) electrons. The van der Waals surface area contributed by atoms with Crippen molar-refractivity contribution in [1.82, 2.24) is 0 Å². The molecule has 1 aliphatic heterocycles. The van der Waals surface area contributed by atoms with E-state index in [0.29, 0.717) is 5.37 Å². The van der Waals surface area contributed by atoms with Gasteiger partial charge < -0.3 is 4.90 Å². The smallest absolute Gasteiger partial charge is 0.0983 e. The largest absolute Gasteiger partial charge is 0.358 e. The van der Waals surface area contributed by atoms with Gasteiger partial charge in [0.1, 0.15) is 0 Å². The Morgan fingerprint density at radius 2 is 1.57 bits per heavy atom. The monoisotopic (exact) mass is 379 g/mol. The molecule has 1 unspecified atom stereocenters. The van der Waals surface area contributed by atoms with Crippen molar-refractivity contribution in [2.24, 2.45) is 0 Å². The number of hydrogen-bond acceptors (Lipinski definition) is 2. The number of nitrogens with zero attached hydrogens (tertiary/aromatic N) is 1. The van der Waals surface area contributed by atoms with Crippen molar-refractivity contribution in [3.05, 3.63) is 103 Å². The molecule has 1 nitrogen and oxygen atoms in total. The summed E-state index contributed by atoms with van der Waals surface area (Å²) in [7, 11) is 2.19. The molecule has 4 aromatic rings. The van der Waals surface area contributed by atoms with Gasteiger partial charge in [-0.15, -0.1) is 0 Å². The van der Waals surface area contributed by atoms with E-state index < -0.39 is 0 Å². The number of benzene rings is 4. The molecular formula is C26H21NS. The highest BCUT2D eigenvalue weighted by atomic mass is 32.2. The van der Waals surface area contributed by atoms with E-state index in [1.54, 1.807) is 0 Å². The predicted octanol–water partition coefficient (Wildman–Crippen LogP) is 7.09. The highest BCUT2D eigenvalue weighted by molar-refractivity contribution is 8.00. The lowest BCUT2D eigenvalue weighted by atomic mass is 10.0. The third-order valence-electron chi connectivity index (χ3n) is 5.34. The molecule has 5 rings (SSSR count). The number of hydrogen-bond donors (Lipinski definition) is 0. The Morgan fingerprint density at radius 1 is 0.786 bits per heavy atom. The molecule has 1 aliphatic rings. The van der Waals surface area contributed by atoms with Gasteiger partial charge in [0.25, 0.3) is 0 Å². The molecular weight excluding hydrogens is 358 g/mol. The van der Waals surface area contributed by atoms with Crippen molar-refractivity contribution >= 4 is 34.3 Å². The van der Waals surface area contributed by atoms with E-state index in [-0.39, 0.29) is 0 Å². The first-order chi connectivity index (χ1) is 13.8. The number of rotatable bonds is 3. The quantitative estimate of drug-likeness (QED) is 0.374. The van der Waals surface area contributed by atoms with Crippen LogP contribution in [0.15, 0.2) is 102 Å². The number of likely N-dealkylation sites (N-methyl/N-ethyl adjacent to an activating group) is 1. The third-order valence-corrected chi connectivity index (χ3v) is 6.65. The number of anilines is 1. The average molecular weight is 380 g/mol. The van der Waals surface area contributed by atoms with Gasteiger partial charge in [0, 0.05) is 11.9 Å². The van der Waals surface area contributed by atoms with E-state index in [4.69, 9.17) is 0 Å². The lowest BCUT2D eigenvalue weighted by Crippen LogP contribution is -2.22. The Bertz CT molecular complexity index is 1160. The summed E-state index contributed by atoms with van der Waals surface area (Å²) in [4.78, 5) is 3.71. The first-order valence-electron chi connectivity index (χ1n) is 9.54. The van der Waals surface area contributed by atoms with Crippen molar-refractivity contribution in [2.75, 3.05) is 11.9 Å². The average Bonchev–Trinajstić information content (AvgIpc) is 3.08. The standard InChI is InChI=1S/C26H21NS/c1-27-24-18-22(19-8-3-2-4-9-19)14-16-25(24)28-26(27)17-15-21-12-7-11-20-10-5-6-13-23(20)21/h2-18,26H,1H3. The fourth-order valence-corrected chi connectivity index (χ4v) is 4.96. The van der Waals surface area contributed by atoms with Crippen LogP contribution in [0, 0.1) is 0 Å². The third kappa shape index (κ3) is 3.10. The van der Waals surface area contributed by atoms with Gasteiger partial charge in [0.2, 0.25) is 0 Å². The summed E-state index contributed by atoms with van der Waals surface area (Å²) in [5.41, 5.74) is 5.11. The molecule has 0 bridgehead atoms. The van der Waals surface area contributed by atoms with Gasteiger partial charge in [-0.25, -0.2) is 0 Å². The molecule has 136 valence electrons. The highest BCUT2D eigenvalue weighted by Gasteiger charge is 2.25. The zero-order chi connectivity index (χ0) is 18.9. The Morgan fingerprint density at radius 3 is 2.46 bits per heavy atom. The fraction of sp³-hybridized carbons (Fsp3) is 0.0769. The maximum Gasteiger partial charge on any atom is 0.0983 e. The zero-order valence-corrected chi connectivity index (χ0v) is 16.6. The van der Waals surface area contributed by atoms with Gasteiger partial charge in [-0.2, -0.15) is 0 Å². The summed E-state index contributed by atoms with van der Waals surface area (Å²) in [5, 5.41) is 2.89. The van der Waals surface area contributed by atoms with Crippen LogP contribution in [0.5, 0.6) is 0 Å². The maximum absolute atomic E-state index is 2.37. The minimum absolute atomic E-state index is 0.306. The van der Waals surface area contributed by atoms with Crippen LogP contribution in [0.2, 0.25) is 0 Å². The van der Waals surface area contributed by atoms with Gasteiger partial charge in [-0.05, 0) is 39.6 Å². The topological polar surface area (TPSA) is 3.24 Å². The summed E-state index contributed by atoms with van der Waals surface area (Å²) in [6, 6.07) is 32.4. The van der Waals surface area contributed by atoms with E-state index in [2.05, 4.69) is 115 Å². The van der Waals surface area contributed by atoms with Crippen LogP contribution >= 0.6 is 11.8 Å². The van der Waals surface area contributed by atoms with Crippen LogP contribution in [0.1, 0.15) is 5.56 Å². The first-order valence-corrected chi connectivity index (χ1v) is 10.4. The van der Waals surface area contributed by atoms with Crippen molar-refractivity contribution in [3.63, 3.8) is 0 Å². The Hall–Kier alpha value is -2.97. The molecule has 0 fully saturated rings. The molecule has 0 spiro atoms. The van der Waals surface area contributed by atoms with E-state index in [1.807, 2.05) is 11.8 Å². The fourth-order valence-electron chi connectivity index (χ4n) is 3.80. The van der Waals surface area contributed by atoms with E-state index in [1.165, 1.54) is 38.0 Å². The van der Waals surface area contributed by atoms with Gasteiger partial charge in [0.15, 0.2) is 0 Å². The summed E-state index contributed by atoms with van der Waals surface area (Å²) >= 11 is 1.91. The van der Waals surface area contributed by atoms with Gasteiger partial charge in [-0.1, -0.05) is 103 Å². The molecule has 0 N–H and O–H groups in total. The molecule has 0 aliphatic carbocycles. The molecule has 2 heteroatoms. The first kappa shape index (κ1) is 17.2. The minimum Gasteiger partial charge on any atom is -0.358 e. The van der Waals surface area contributed by atoms with Crippen molar-refractivity contribution in [3.8, 4) is 11.1 Å². The Labute approximate surface area is 170 Å². The van der Waals surface area contributed by atoms with Gasteiger partial charge in [-0.3, -0.25) is 0 Å². The number of fused-ring (bicyclic) bond motifs is 2. The zero-order valence-electron chi connectivity index (χ0n) is 15.7. The lowest BCUT2D eigenvalue weighted by Gasteiger charge is -2.19. The van der Waals surface area contributed by atoms with Crippen LogP contribution in [-0.2, 0) is 0 Å². The highest BCUT2D eigenvalue weighted by Crippen LogP contribution is 2.44. The molecule has 0 saturated heterocycles. The summed E-state index contributed by atoms with van der Waals surface area (Å²) < 4.78 is 0. The second kappa shape index (κ2) is 7.21. The Kier molecular flexibility index (Phi) is 4.42. The van der Waals surface area contributed by atoms with Crippen molar-refractivity contribution in [2.45, 2.75) is 10.3 Å². The van der Waals surface area contributed by atoms with Gasteiger partial charge >= 0.3 is 0 Å². The summed E-state index contributed by atoms with van der Waals surface area (Å²) in [6.45, 7) is 0. The molecule has 0 saturated carbocycles. The second-order valence-electron chi connectivity index (χ2n) is 7.10. The van der Waals surface area contributed by atoms with Crippen LogP contribution in [0.3, 0.4) is 0 Å². The summed E-state index contributed by atoms with van der Waals surface area (Å²) in [5.74, 6) is 0. The molecule has 28 heavy (non-hydrogen) atoms. The van der Waals surface area contributed by atoms with E-state index >= 15 is 0 Å². The number of thioether (sulfide) groups is 1. The summed E-state index contributed by atoms with van der Waals surface area (Å²) in [6.07, 6.45) is 4.58. The molecule has 0 amide bonds. The van der Waals surface area contributed by atoms with Crippen LogP contribution in [0.4, 0.5) is 5.69 Å². The second-order valence-corrected chi connectivity index (χ2v) is 8.25. The van der Waals surface area contributed by atoms with Crippen molar-refractivity contribution in [1.29, 1.82) is 0 Å². The SMILES string of the molecule is CN1c2cc(-c3ccccc3)ccc2SC1C=Cc1cccc2ccccc12. The van der Waals surface area contributed by atoms with Crippen LogP contribution < -0.4 is 4.90 Å². The van der Waals surface area contributed by atoms with Crippen LogP contribution in [0.25, 0.3) is 28.0 Å². The Balaban J connectivity index is 1.43. The predicted molar refractivity (Wildman–Crippen MR) is 123 cm³/mol. The molecule has 4 aromatic carbocycles. The molecule has 1 heterocycles. The lowest BCUT2D eigenvalue weighted by molar-refractivity contribution is 0.994. The molecule has 0 aromatic heterocycles. The minimum atomic E-state index is 0.306. The van der Waals surface area contributed by atoms with E-state index in [0.717, 1.165) is 0 Å².